The monoisotopic (exact) mass is 261 g/mol. The van der Waals surface area contributed by atoms with Gasteiger partial charge in [0.25, 0.3) is 0 Å². The summed E-state index contributed by atoms with van der Waals surface area (Å²) in [7, 11) is 0. The lowest BCUT2D eigenvalue weighted by Gasteiger charge is -2.19. The number of carboxylic acid groups (broad SMARTS) is 2. The summed E-state index contributed by atoms with van der Waals surface area (Å²) in [5, 5.41) is 19.6. The zero-order chi connectivity index (χ0) is 14.3. The lowest BCUT2D eigenvalue weighted by Crippen LogP contribution is -2.33. The molecule has 0 aromatic carbocycles. The van der Waals surface area contributed by atoms with Gasteiger partial charge in [0, 0.05) is 6.54 Å². The van der Waals surface area contributed by atoms with E-state index in [4.69, 9.17) is 14.9 Å². The van der Waals surface area contributed by atoms with Crippen LogP contribution in [-0.2, 0) is 14.3 Å². The van der Waals surface area contributed by atoms with E-state index < -0.39 is 29.6 Å². The van der Waals surface area contributed by atoms with Gasteiger partial charge in [-0.15, -0.1) is 0 Å². The molecule has 0 aromatic rings. The van der Waals surface area contributed by atoms with Crippen LogP contribution in [0.4, 0.5) is 4.79 Å². The van der Waals surface area contributed by atoms with Crippen LogP contribution in [0, 0.1) is 5.92 Å². The van der Waals surface area contributed by atoms with Crippen molar-refractivity contribution in [3.05, 3.63) is 0 Å². The summed E-state index contributed by atoms with van der Waals surface area (Å²) in [6, 6.07) is 0. The molecule has 7 heteroatoms. The van der Waals surface area contributed by atoms with E-state index in [9.17, 15) is 14.4 Å². The number of carboxylic acids is 2. The van der Waals surface area contributed by atoms with Crippen molar-refractivity contribution in [3.63, 3.8) is 0 Å². The summed E-state index contributed by atoms with van der Waals surface area (Å²) < 4.78 is 4.96. The van der Waals surface area contributed by atoms with Gasteiger partial charge in [0.1, 0.15) is 5.60 Å². The molecule has 0 fully saturated rings. The smallest absolute Gasteiger partial charge is 0.407 e. The molecule has 0 saturated heterocycles. The molecule has 0 aliphatic rings. The first-order valence-electron chi connectivity index (χ1n) is 5.56. The number of rotatable bonds is 6. The number of aliphatic carboxylic acids is 2. The van der Waals surface area contributed by atoms with Crippen molar-refractivity contribution < 1.29 is 29.3 Å². The molecule has 0 radical (unpaired) electrons. The molecule has 104 valence electrons. The van der Waals surface area contributed by atoms with Crippen LogP contribution in [0.3, 0.4) is 0 Å². The Morgan fingerprint density at radius 3 is 2.06 bits per heavy atom. The maximum atomic E-state index is 11.2. The van der Waals surface area contributed by atoms with Gasteiger partial charge in [-0.2, -0.15) is 0 Å². The highest BCUT2D eigenvalue weighted by Crippen LogP contribution is 2.08. The van der Waals surface area contributed by atoms with E-state index >= 15 is 0 Å². The molecular formula is C11H19NO6. The standard InChI is InChI=1S/C11H19NO6/c1-11(2,3)18-10(17)12-6-4-5-7(8(13)14)9(15)16/h7H,4-6H2,1-3H3,(H,12,17)(H,13,14)(H,15,16). The van der Waals surface area contributed by atoms with Gasteiger partial charge < -0.3 is 20.3 Å². The van der Waals surface area contributed by atoms with E-state index in [1.807, 2.05) is 0 Å². The first-order valence-corrected chi connectivity index (χ1v) is 5.56. The second kappa shape index (κ2) is 6.83. The minimum atomic E-state index is -1.44. The van der Waals surface area contributed by atoms with Crippen molar-refractivity contribution in [2.75, 3.05) is 6.54 Å². The van der Waals surface area contributed by atoms with Crippen molar-refractivity contribution in [1.82, 2.24) is 5.32 Å². The lowest BCUT2D eigenvalue weighted by molar-refractivity contribution is -0.154. The summed E-state index contributed by atoms with van der Waals surface area (Å²) in [6.07, 6.45) is -0.395. The summed E-state index contributed by atoms with van der Waals surface area (Å²) in [6.45, 7) is 5.33. The number of ether oxygens (including phenoxy) is 1. The quantitative estimate of drug-likeness (QED) is 0.487. The van der Waals surface area contributed by atoms with E-state index in [0.29, 0.717) is 0 Å². The Bertz CT molecular complexity index is 306. The van der Waals surface area contributed by atoms with Crippen molar-refractivity contribution in [1.29, 1.82) is 0 Å². The Hall–Kier alpha value is -1.79. The zero-order valence-corrected chi connectivity index (χ0v) is 10.7. The maximum Gasteiger partial charge on any atom is 0.407 e. The molecule has 0 heterocycles. The number of hydrogen-bond donors (Lipinski definition) is 3. The van der Waals surface area contributed by atoms with Gasteiger partial charge >= 0.3 is 18.0 Å². The first kappa shape index (κ1) is 16.2. The van der Waals surface area contributed by atoms with Crippen LogP contribution >= 0.6 is 0 Å². The van der Waals surface area contributed by atoms with Crippen molar-refractivity contribution in [2.45, 2.75) is 39.2 Å². The highest BCUT2D eigenvalue weighted by atomic mass is 16.6. The second-order valence-electron chi connectivity index (χ2n) is 4.80. The minimum absolute atomic E-state index is 0.0412. The SMILES string of the molecule is CC(C)(C)OC(=O)NCCCC(C(=O)O)C(=O)O. The summed E-state index contributed by atoms with van der Waals surface area (Å²) in [4.78, 5) is 32.3. The zero-order valence-electron chi connectivity index (χ0n) is 10.7. The molecule has 0 atom stereocenters. The molecule has 18 heavy (non-hydrogen) atoms. The Morgan fingerprint density at radius 1 is 1.17 bits per heavy atom. The first-order chi connectivity index (χ1) is 8.13. The molecule has 1 amide bonds. The van der Waals surface area contributed by atoms with Gasteiger partial charge in [-0.25, -0.2) is 4.79 Å². The summed E-state index contributed by atoms with van der Waals surface area (Å²) in [5.41, 5.74) is -0.602. The highest BCUT2D eigenvalue weighted by molar-refractivity contribution is 5.92. The lowest BCUT2D eigenvalue weighted by atomic mass is 10.0. The average Bonchev–Trinajstić information content (AvgIpc) is 2.12. The number of hydrogen-bond acceptors (Lipinski definition) is 4. The van der Waals surface area contributed by atoms with E-state index in [0.717, 1.165) is 0 Å². The molecule has 0 aliphatic heterocycles. The average molecular weight is 261 g/mol. The molecule has 0 unspecified atom stereocenters. The van der Waals surface area contributed by atoms with Crippen molar-refractivity contribution in [2.24, 2.45) is 5.92 Å². The third-order valence-electron chi connectivity index (χ3n) is 1.93. The van der Waals surface area contributed by atoms with Crippen molar-refractivity contribution in [3.8, 4) is 0 Å². The van der Waals surface area contributed by atoms with E-state index in [1.165, 1.54) is 0 Å². The fraction of sp³-hybridized carbons (Fsp3) is 0.727. The second-order valence-corrected chi connectivity index (χ2v) is 4.80. The van der Waals surface area contributed by atoms with Crippen LogP contribution in [0.1, 0.15) is 33.6 Å². The van der Waals surface area contributed by atoms with Crippen LogP contribution in [0.15, 0.2) is 0 Å². The van der Waals surface area contributed by atoms with Gasteiger partial charge in [0.05, 0.1) is 0 Å². The molecule has 0 aromatic heterocycles. The molecule has 0 aliphatic carbocycles. The normalized spacial score (nSPS) is 11.1. The van der Waals surface area contributed by atoms with Crippen LogP contribution < -0.4 is 5.32 Å². The summed E-state index contributed by atoms with van der Waals surface area (Å²) in [5.74, 6) is -4.19. The van der Waals surface area contributed by atoms with E-state index in [2.05, 4.69) is 5.32 Å². The third-order valence-corrected chi connectivity index (χ3v) is 1.93. The topological polar surface area (TPSA) is 113 Å². The largest absolute Gasteiger partial charge is 0.481 e. The van der Waals surface area contributed by atoms with E-state index in [1.54, 1.807) is 20.8 Å². The Balaban J connectivity index is 3.89. The number of nitrogens with one attached hydrogen (secondary N) is 1. The highest BCUT2D eigenvalue weighted by Gasteiger charge is 2.25. The van der Waals surface area contributed by atoms with Crippen LogP contribution in [0.2, 0.25) is 0 Å². The maximum absolute atomic E-state index is 11.2. The van der Waals surface area contributed by atoms with Crippen LogP contribution in [-0.4, -0.2) is 40.4 Å². The summed E-state index contributed by atoms with van der Waals surface area (Å²) >= 11 is 0. The Morgan fingerprint density at radius 2 is 1.67 bits per heavy atom. The van der Waals surface area contributed by atoms with Crippen LogP contribution in [0.25, 0.3) is 0 Å². The van der Waals surface area contributed by atoms with Crippen LogP contribution in [0.5, 0.6) is 0 Å². The molecule has 3 N–H and O–H groups in total. The minimum Gasteiger partial charge on any atom is -0.481 e. The fourth-order valence-corrected chi connectivity index (χ4v) is 1.16. The Labute approximate surface area is 105 Å². The predicted octanol–water partition coefficient (Wildman–Crippen LogP) is 1.08. The van der Waals surface area contributed by atoms with E-state index in [-0.39, 0.29) is 19.4 Å². The molecule has 7 nitrogen and oxygen atoms in total. The number of alkyl carbamates (subject to hydrolysis) is 1. The number of amides is 1. The molecule has 0 bridgehead atoms. The van der Waals surface area contributed by atoms with Gasteiger partial charge in [-0.05, 0) is 33.6 Å². The molecule has 0 rings (SSSR count). The predicted molar refractivity (Wildman–Crippen MR) is 62.2 cm³/mol. The molecular weight excluding hydrogens is 242 g/mol. The Kier molecular flexibility index (Phi) is 6.15. The van der Waals surface area contributed by atoms with Gasteiger partial charge in [0.15, 0.2) is 5.92 Å². The van der Waals surface area contributed by atoms with Gasteiger partial charge in [-0.1, -0.05) is 0 Å². The van der Waals surface area contributed by atoms with Crippen molar-refractivity contribution >= 4 is 18.0 Å². The molecule has 0 spiro atoms. The van der Waals surface area contributed by atoms with Gasteiger partial charge in [-0.3, -0.25) is 9.59 Å². The number of carbonyl (C=O) groups excluding carboxylic acids is 1. The number of carbonyl (C=O) groups is 3. The third kappa shape index (κ3) is 7.48. The fourth-order valence-electron chi connectivity index (χ4n) is 1.16. The molecule has 0 saturated carbocycles. The van der Waals surface area contributed by atoms with Gasteiger partial charge in [0.2, 0.25) is 0 Å².